The van der Waals surface area contributed by atoms with E-state index in [-0.39, 0.29) is 0 Å². The number of anilines is 1. The Labute approximate surface area is 130 Å². The van der Waals surface area contributed by atoms with Gasteiger partial charge in [-0.25, -0.2) is 4.79 Å². The van der Waals surface area contributed by atoms with E-state index in [4.69, 9.17) is 14.3 Å². The zero-order chi connectivity index (χ0) is 16.6. The maximum Gasteiger partial charge on any atom is 0.336 e. The highest BCUT2D eigenvalue weighted by atomic mass is 16.6. The van der Waals surface area contributed by atoms with Crippen LogP contribution in [0.3, 0.4) is 0 Å². The number of benzene rings is 1. The van der Waals surface area contributed by atoms with Gasteiger partial charge >= 0.3 is 5.63 Å². The molecule has 1 aliphatic heterocycles. The van der Waals surface area contributed by atoms with Gasteiger partial charge in [0.05, 0.1) is 6.61 Å². The lowest BCUT2D eigenvalue weighted by molar-refractivity contribution is -0.245. The van der Waals surface area contributed by atoms with E-state index in [0.29, 0.717) is 11.3 Å². The van der Waals surface area contributed by atoms with Crippen LogP contribution < -0.4 is 10.9 Å². The Morgan fingerprint density at radius 1 is 1.09 bits per heavy atom. The minimum absolute atomic E-state index is 0.344. The monoisotopic (exact) mass is 323 g/mol. The van der Waals surface area contributed by atoms with Gasteiger partial charge in [0, 0.05) is 23.2 Å². The summed E-state index contributed by atoms with van der Waals surface area (Å²) in [7, 11) is 0. The average molecular weight is 323 g/mol. The molecule has 0 spiro atoms. The number of hydrogen-bond donors (Lipinski definition) is 5. The van der Waals surface area contributed by atoms with Crippen molar-refractivity contribution in [2.45, 2.75) is 30.6 Å². The third-order valence-electron chi connectivity index (χ3n) is 3.86. The summed E-state index contributed by atoms with van der Waals surface area (Å²) in [5, 5.41) is 42.5. The SMILES string of the molecule is O=c1ccc2ccc(NC3C(O)OC(CO)[C@H](O)C3O)cc2o1. The van der Waals surface area contributed by atoms with Gasteiger partial charge in [0.15, 0.2) is 6.29 Å². The Morgan fingerprint density at radius 3 is 2.57 bits per heavy atom. The summed E-state index contributed by atoms with van der Waals surface area (Å²) in [6, 6.07) is 6.83. The molecule has 5 N–H and O–H groups in total. The molecule has 8 heteroatoms. The minimum atomic E-state index is -1.43. The van der Waals surface area contributed by atoms with Crippen LogP contribution in [0.4, 0.5) is 5.69 Å². The maximum atomic E-state index is 11.3. The predicted molar refractivity (Wildman–Crippen MR) is 79.9 cm³/mol. The van der Waals surface area contributed by atoms with Crippen molar-refractivity contribution in [3.05, 3.63) is 40.8 Å². The van der Waals surface area contributed by atoms with Crippen LogP contribution in [0.5, 0.6) is 0 Å². The summed E-state index contributed by atoms with van der Waals surface area (Å²) in [5.74, 6) is 0. The zero-order valence-corrected chi connectivity index (χ0v) is 12.0. The van der Waals surface area contributed by atoms with Crippen LogP contribution >= 0.6 is 0 Å². The Bertz CT molecular complexity index is 746. The largest absolute Gasteiger partial charge is 0.423 e. The first-order valence-corrected chi connectivity index (χ1v) is 7.10. The minimum Gasteiger partial charge on any atom is -0.423 e. The van der Waals surface area contributed by atoms with E-state index in [1.165, 1.54) is 6.07 Å². The van der Waals surface area contributed by atoms with Crippen LogP contribution in [0, 0.1) is 0 Å². The normalized spacial score (nSPS) is 31.2. The molecule has 3 rings (SSSR count). The molecule has 8 nitrogen and oxygen atoms in total. The number of aliphatic hydroxyl groups excluding tert-OH is 4. The summed E-state index contributed by atoms with van der Waals surface area (Å²) in [4.78, 5) is 11.3. The molecule has 1 fully saturated rings. The quantitative estimate of drug-likeness (QED) is 0.455. The molecule has 0 bridgehead atoms. The molecule has 23 heavy (non-hydrogen) atoms. The van der Waals surface area contributed by atoms with Crippen molar-refractivity contribution < 1.29 is 29.6 Å². The molecule has 2 aromatic rings. The van der Waals surface area contributed by atoms with Crippen LogP contribution in [0.25, 0.3) is 11.0 Å². The van der Waals surface area contributed by atoms with Crippen LogP contribution in [0.2, 0.25) is 0 Å². The fraction of sp³-hybridized carbons (Fsp3) is 0.400. The van der Waals surface area contributed by atoms with Gasteiger partial charge in [-0.1, -0.05) is 0 Å². The van der Waals surface area contributed by atoms with E-state index in [0.717, 1.165) is 5.39 Å². The van der Waals surface area contributed by atoms with Crippen molar-refractivity contribution in [3.63, 3.8) is 0 Å². The molecular formula is C15H17NO7. The Balaban J connectivity index is 1.84. The number of ether oxygens (including phenoxy) is 1. The van der Waals surface area contributed by atoms with Gasteiger partial charge in [-0.2, -0.15) is 0 Å². The van der Waals surface area contributed by atoms with Gasteiger partial charge in [-0.15, -0.1) is 0 Å². The lowest BCUT2D eigenvalue weighted by Crippen LogP contribution is -2.61. The molecule has 1 aliphatic rings. The lowest BCUT2D eigenvalue weighted by Gasteiger charge is -2.40. The Hall–Kier alpha value is -1.97. The van der Waals surface area contributed by atoms with Crippen LogP contribution in [-0.2, 0) is 4.74 Å². The zero-order valence-electron chi connectivity index (χ0n) is 12.0. The molecule has 2 heterocycles. The molecule has 124 valence electrons. The Kier molecular flexibility index (Phi) is 4.33. The van der Waals surface area contributed by atoms with E-state index >= 15 is 0 Å². The number of nitrogens with one attached hydrogen (secondary N) is 1. The van der Waals surface area contributed by atoms with Gasteiger partial charge in [-0.3, -0.25) is 0 Å². The number of rotatable bonds is 3. The summed E-state index contributed by atoms with van der Waals surface area (Å²) in [6.45, 7) is -0.525. The fourth-order valence-corrected chi connectivity index (χ4v) is 2.60. The van der Waals surface area contributed by atoms with E-state index in [1.807, 2.05) is 0 Å². The summed E-state index contributed by atoms with van der Waals surface area (Å²) in [5.41, 5.74) is 0.321. The molecule has 0 aliphatic carbocycles. The molecule has 5 atom stereocenters. The molecule has 0 saturated carbocycles. The Morgan fingerprint density at radius 2 is 1.83 bits per heavy atom. The van der Waals surface area contributed by atoms with Crippen molar-refractivity contribution in [2.24, 2.45) is 0 Å². The van der Waals surface area contributed by atoms with E-state index < -0.39 is 42.9 Å². The first-order valence-electron chi connectivity index (χ1n) is 7.10. The van der Waals surface area contributed by atoms with Crippen molar-refractivity contribution in [3.8, 4) is 0 Å². The second-order valence-electron chi connectivity index (χ2n) is 5.41. The molecule has 1 aromatic carbocycles. The van der Waals surface area contributed by atoms with Crippen molar-refractivity contribution in [1.82, 2.24) is 0 Å². The van der Waals surface area contributed by atoms with Crippen LogP contribution in [-0.4, -0.2) is 57.7 Å². The topological polar surface area (TPSA) is 132 Å². The number of hydrogen-bond acceptors (Lipinski definition) is 8. The van der Waals surface area contributed by atoms with Gasteiger partial charge in [-0.05, 0) is 18.2 Å². The van der Waals surface area contributed by atoms with E-state index in [1.54, 1.807) is 24.3 Å². The molecule has 4 unspecified atom stereocenters. The number of aliphatic hydroxyl groups is 4. The number of fused-ring (bicyclic) bond motifs is 1. The molecule has 0 amide bonds. The van der Waals surface area contributed by atoms with Gasteiger partial charge in [0.1, 0.15) is 29.9 Å². The maximum absolute atomic E-state index is 11.3. The first kappa shape index (κ1) is 15.9. The highest BCUT2D eigenvalue weighted by Crippen LogP contribution is 2.24. The molecule has 1 saturated heterocycles. The first-order chi connectivity index (χ1) is 11.0. The van der Waals surface area contributed by atoms with E-state index in [9.17, 15) is 20.1 Å². The predicted octanol–water partition coefficient (Wildman–Crippen LogP) is -0.995. The molecular weight excluding hydrogens is 306 g/mol. The fourth-order valence-electron chi connectivity index (χ4n) is 2.60. The highest BCUT2D eigenvalue weighted by Gasteiger charge is 2.43. The average Bonchev–Trinajstić information content (AvgIpc) is 2.54. The standard InChI is InChI=1S/C15H17NO7/c17-6-10-13(19)14(20)12(15(21)23-10)16-8-3-1-7-2-4-11(18)22-9(7)5-8/h1-5,10,12-17,19-21H,6H2/t10?,12?,13-,14?,15?/m0/s1. The molecule has 1 aromatic heterocycles. The second kappa shape index (κ2) is 6.26. The van der Waals surface area contributed by atoms with Gasteiger partial charge in [0.2, 0.25) is 0 Å². The second-order valence-corrected chi connectivity index (χ2v) is 5.41. The summed E-state index contributed by atoms with van der Waals surface area (Å²) in [6.07, 6.45) is -5.19. The summed E-state index contributed by atoms with van der Waals surface area (Å²) < 4.78 is 10.1. The lowest BCUT2D eigenvalue weighted by atomic mass is 9.97. The van der Waals surface area contributed by atoms with Gasteiger partial charge in [0.25, 0.3) is 0 Å². The highest BCUT2D eigenvalue weighted by molar-refractivity contribution is 5.80. The van der Waals surface area contributed by atoms with E-state index in [2.05, 4.69) is 5.32 Å². The third kappa shape index (κ3) is 3.07. The third-order valence-corrected chi connectivity index (χ3v) is 3.86. The van der Waals surface area contributed by atoms with Crippen molar-refractivity contribution >= 4 is 16.7 Å². The smallest absolute Gasteiger partial charge is 0.336 e. The molecule has 0 radical (unpaired) electrons. The van der Waals surface area contributed by atoms with Crippen molar-refractivity contribution in [1.29, 1.82) is 0 Å². The van der Waals surface area contributed by atoms with Gasteiger partial charge < -0.3 is 34.9 Å². The van der Waals surface area contributed by atoms with Crippen LogP contribution in [0.1, 0.15) is 0 Å². The summed E-state index contributed by atoms with van der Waals surface area (Å²) >= 11 is 0. The van der Waals surface area contributed by atoms with Crippen molar-refractivity contribution in [2.75, 3.05) is 11.9 Å². The van der Waals surface area contributed by atoms with Crippen LogP contribution in [0.15, 0.2) is 39.5 Å².